The lowest BCUT2D eigenvalue weighted by molar-refractivity contribution is -0.132. The first-order valence-corrected chi connectivity index (χ1v) is 10.3. The first kappa shape index (κ1) is 16.1. The minimum absolute atomic E-state index is 0.143. The zero-order valence-corrected chi connectivity index (χ0v) is 14.0. The second-order valence-electron chi connectivity index (χ2n) is 5.82. The highest BCUT2D eigenvalue weighted by molar-refractivity contribution is 7.19. The summed E-state index contributed by atoms with van der Waals surface area (Å²) < 4.78 is 0. The van der Waals surface area contributed by atoms with Crippen LogP contribution in [0.4, 0.5) is 0 Å². The van der Waals surface area contributed by atoms with E-state index in [-0.39, 0.29) is 17.6 Å². The quantitative estimate of drug-likeness (QED) is 0.607. The fraction of sp³-hybridized carbons (Fsp3) is 0.158. The molecule has 0 saturated carbocycles. The zero-order chi connectivity index (χ0) is 16.2. The second kappa shape index (κ2) is 6.67. The van der Waals surface area contributed by atoms with Crippen molar-refractivity contribution in [2.75, 3.05) is 0 Å². The van der Waals surface area contributed by atoms with E-state index in [0.717, 1.165) is 16.3 Å². The van der Waals surface area contributed by atoms with Crippen LogP contribution in [0.2, 0.25) is 13.1 Å². The largest absolute Gasteiger partial charge is 0.296 e. The van der Waals surface area contributed by atoms with Gasteiger partial charge in [-0.25, -0.2) is 0 Å². The third kappa shape index (κ3) is 3.31. The van der Waals surface area contributed by atoms with Gasteiger partial charge in [0, 0.05) is 6.42 Å². The van der Waals surface area contributed by atoms with Gasteiger partial charge in [-0.2, -0.15) is 0 Å². The molecule has 0 aromatic heterocycles. The molecule has 0 unspecified atom stereocenters. The summed E-state index contributed by atoms with van der Waals surface area (Å²) in [4.78, 5) is 25.1. The highest BCUT2D eigenvalue weighted by Gasteiger charge is 2.36. The van der Waals surface area contributed by atoms with Gasteiger partial charge in [-0.15, -0.1) is 0 Å². The van der Waals surface area contributed by atoms with Crippen molar-refractivity contribution in [1.29, 1.82) is 0 Å². The topological polar surface area (TPSA) is 34.1 Å². The van der Waals surface area contributed by atoms with Crippen LogP contribution in [-0.4, -0.2) is 19.3 Å². The van der Waals surface area contributed by atoms with Crippen molar-refractivity contribution in [1.82, 2.24) is 0 Å². The number of hydrogen-bond acceptors (Lipinski definition) is 2. The molecule has 0 aliphatic rings. The van der Waals surface area contributed by atoms with Crippen molar-refractivity contribution in [3.8, 4) is 0 Å². The summed E-state index contributed by atoms with van der Waals surface area (Å²) in [5.41, 5.74) is 1.76. The monoisotopic (exact) mass is 308 g/mol. The molecule has 112 valence electrons. The van der Waals surface area contributed by atoms with Crippen molar-refractivity contribution in [2.45, 2.75) is 19.5 Å². The van der Waals surface area contributed by atoms with E-state index < -0.39 is 8.07 Å². The molecule has 0 saturated heterocycles. The van der Waals surface area contributed by atoms with E-state index in [1.807, 2.05) is 67.7 Å². The number of hydrogen-bond donors (Lipinski definition) is 0. The minimum atomic E-state index is -2.44. The molecule has 2 rings (SSSR count). The Morgan fingerprint density at radius 3 is 2.23 bits per heavy atom. The minimum Gasteiger partial charge on any atom is -0.296 e. The van der Waals surface area contributed by atoms with E-state index in [9.17, 15) is 9.59 Å². The van der Waals surface area contributed by atoms with Gasteiger partial charge in [0.15, 0.2) is 19.3 Å². The van der Waals surface area contributed by atoms with Gasteiger partial charge in [0.05, 0.1) is 0 Å². The number of benzene rings is 2. The fourth-order valence-corrected chi connectivity index (χ4v) is 4.56. The summed E-state index contributed by atoms with van der Waals surface area (Å²) in [5, 5.41) is 0.767. The molecule has 0 aliphatic heterocycles. The molecule has 0 atom stereocenters. The smallest absolute Gasteiger partial charge is 0.198 e. The zero-order valence-electron chi connectivity index (χ0n) is 13.0. The normalized spacial score (nSPS) is 11.0. The molecule has 0 spiro atoms. The van der Waals surface area contributed by atoms with Gasteiger partial charge in [-0.3, -0.25) is 9.59 Å². The first-order valence-electron chi connectivity index (χ1n) is 7.30. The van der Waals surface area contributed by atoms with Crippen molar-refractivity contribution in [3.05, 3.63) is 72.3 Å². The molecule has 0 fully saturated rings. The van der Waals surface area contributed by atoms with E-state index in [2.05, 4.69) is 6.58 Å². The number of ketones is 1. The summed E-state index contributed by atoms with van der Waals surface area (Å²) >= 11 is 0. The fourth-order valence-electron chi connectivity index (χ4n) is 2.48. The standard InChI is InChI=1S/C19H20O2Si/c1-4-15-10-8-9-11-16(15)14-18(20)19(21)22(2,3)17-12-6-5-7-13-17/h4-13H,1,14H2,2-3H3. The van der Waals surface area contributed by atoms with Gasteiger partial charge in [-0.05, 0) is 11.1 Å². The highest BCUT2D eigenvalue weighted by atomic mass is 28.3. The first-order chi connectivity index (χ1) is 10.5. The van der Waals surface area contributed by atoms with Crippen molar-refractivity contribution in [3.63, 3.8) is 0 Å². The van der Waals surface area contributed by atoms with Crippen molar-refractivity contribution in [2.24, 2.45) is 0 Å². The molecular formula is C19H20O2Si. The maximum Gasteiger partial charge on any atom is 0.198 e. The Bertz CT molecular complexity index is 702. The van der Waals surface area contributed by atoms with Gasteiger partial charge in [0.2, 0.25) is 0 Å². The van der Waals surface area contributed by atoms with Crippen LogP contribution in [0.3, 0.4) is 0 Å². The lowest BCUT2D eigenvalue weighted by atomic mass is 10.0. The van der Waals surface area contributed by atoms with Gasteiger partial charge < -0.3 is 0 Å². The van der Waals surface area contributed by atoms with Gasteiger partial charge >= 0.3 is 0 Å². The van der Waals surface area contributed by atoms with Crippen molar-refractivity contribution >= 4 is 30.5 Å². The number of Topliss-reactive ketones (excluding diaryl/α,β-unsaturated/α-hetero) is 1. The van der Waals surface area contributed by atoms with Gasteiger partial charge in [0.1, 0.15) is 0 Å². The summed E-state index contributed by atoms with van der Waals surface area (Å²) in [5.74, 6) is -0.310. The van der Waals surface area contributed by atoms with Crippen LogP contribution in [-0.2, 0) is 16.0 Å². The predicted molar refractivity (Wildman–Crippen MR) is 93.8 cm³/mol. The Morgan fingerprint density at radius 1 is 1.00 bits per heavy atom. The molecule has 0 bridgehead atoms. The van der Waals surface area contributed by atoms with Crippen LogP contribution in [0.5, 0.6) is 0 Å². The summed E-state index contributed by atoms with van der Waals surface area (Å²) in [6.45, 7) is 7.62. The van der Waals surface area contributed by atoms with E-state index in [1.54, 1.807) is 6.08 Å². The average molecular weight is 308 g/mol. The number of rotatable bonds is 6. The third-order valence-electron chi connectivity index (χ3n) is 3.94. The lowest BCUT2D eigenvalue weighted by Gasteiger charge is -2.20. The maximum absolute atomic E-state index is 12.7. The third-order valence-corrected chi connectivity index (χ3v) is 7.13. The molecule has 0 heterocycles. The van der Waals surface area contributed by atoms with Crippen LogP contribution < -0.4 is 5.19 Å². The molecule has 0 amide bonds. The molecular weight excluding hydrogens is 288 g/mol. The lowest BCUT2D eigenvalue weighted by Crippen LogP contribution is -2.53. The highest BCUT2D eigenvalue weighted by Crippen LogP contribution is 2.13. The number of carbonyl (C=O) groups is 2. The molecule has 2 aromatic carbocycles. The Morgan fingerprint density at radius 2 is 1.59 bits per heavy atom. The molecule has 0 aliphatic carbocycles. The molecule has 0 N–H and O–H groups in total. The average Bonchev–Trinajstić information content (AvgIpc) is 2.55. The van der Waals surface area contributed by atoms with Crippen LogP contribution in [0.15, 0.2) is 61.2 Å². The Balaban J connectivity index is 2.22. The molecule has 2 nitrogen and oxygen atoms in total. The predicted octanol–water partition coefficient (Wildman–Crippen LogP) is 3.17. The van der Waals surface area contributed by atoms with E-state index in [0.29, 0.717) is 0 Å². The summed E-state index contributed by atoms with van der Waals surface area (Å²) in [6, 6.07) is 17.2. The summed E-state index contributed by atoms with van der Waals surface area (Å²) in [6.07, 6.45) is 1.86. The van der Waals surface area contributed by atoms with E-state index in [4.69, 9.17) is 0 Å². The molecule has 22 heavy (non-hydrogen) atoms. The van der Waals surface area contributed by atoms with E-state index >= 15 is 0 Å². The van der Waals surface area contributed by atoms with Crippen LogP contribution >= 0.6 is 0 Å². The SMILES string of the molecule is C=Cc1ccccc1CC(=O)C(=O)[Si](C)(C)c1ccccc1. The van der Waals surface area contributed by atoms with Crippen LogP contribution in [0, 0.1) is 0 Å². The molecule has 3 heteroatoms. The summed E-state index contributed by atoms with van der Waals surface area (Å²) in [7, 11) is -2.44. The Hall–Kier alpha value is -2.26. The van der Waals surface area contributed by atoms with Crippen LogP contribution in [0.1, 0.15) is 11.1 Å². The number of carbonyl (C=O) groups excluding carboxylic acids is 2. The molecule has 0 radical (unpaired) electrons. The van der Waals surface area contributed by atoms with Gasteiger partial charge in [0.25, 0.3) is 0 Å². The van der Waals surface area contributed by atoms with Crippen molar-refractivity contribution < 1.29 is 9.59 Å². The maximum atomic E-state index is 12.7. The Labute approximate surface area is 132 Å². The Kier molecular flexibility index (Phi) is 4.88. The van der Waals surface area contributed by atoms with E-state index in [1.165, 1.54) is 0 Å². The molecule has 2 aromatic rings. The van der Waals surface area contributed by atoms with Crippen LogP contribution in [0.25, 0.3) is 6.08 Å². The van der Waals surface area contributed by atoms with Gasteiger partial charge in [-0.1, -0.05) is 85.5 Å². The second-order valence-corrected chi connectivity index (χ2v) is 10.1.